The molecule has 1 fully saturated rings. The first-order valence-electron chi connectivity index (χ1n) is 5.98. The van der Waals surface area contributed by atoms with Gasteiger partial charge in [-0.15, -0.1) is 0 Å². The molecule has 2 N–H and O–H groups in total. The highest BCUT2D eigenvalue weighted by Crippen LogP contribution is 2.29. The molecule has 0 bridgehead atoms. The Balaban J connectivity index is 1.96. The van der Waals surface area contributed by atoms with Crippen LogP contribution in [0.1, 0.15) is 24.8 Å². The Morgan fingerprint density at radius 3 is 2.76 bits per heavy atom. The summed E-state index contributed by atoms with van der Waals surface area (Å²) in [5.74, 6) is 1.25. The van der Waals surface area contributed by atoms with E-state index < -0.39 is 0 Å². The Kier molecular flexibility index (Phi) is 5.04. The Morgan fingerprint density at radius 2 is 2.12 bits per heavy atom. The van der Waals surface area contributed by atoms with Crippen molar-refractivity contribution < 1.29 is 0 Å². The fraction of sp³-hybridized carbons (Fsp3) is 0.538. The van der Waals surface area contributed by atoms with Crippen LogP contribution in [0.3, 0.4) is 0 Å². The fourth-order valence-corrected chi connectivity index (χ4v) is 3.84. The van der Waals surface area contributed by atoms with Crippen LogP contribution in [0, 0.1) is 0 Å². The number of benzene rings is 1. The molecule has 1 aromatic rings. The van der Waals surface area contributed by atoms with Gasteiger partial charge in [0.15, 0.2) is 0 Å². The van der Waals surface area contributed by atoms with Crippen molar-refractivity contribution in [2.45, 2.75) is 37.0 Å². The first-order valence-corrected chi connectivity index (χ1v) is 7.78. The van der Waals surface area contributed by atoms with Gasteiger partial charge in [0.1, 0.15) is 0 Å². The third-order valence-electron chi connectivity index (χ3n) is 3.15. The number of hydrogen-bond donors (Lipinski definition) is 1. The number of nitrogens with two attached hydrogens (primary N) is 1. The molecule has 2 rings (SSSR count). The predicted octanol–water partition coefficient (Wildman–Crippen LogP) is 4.15. The predicted molar refractivity (Wildman–Crippen MR) is 78.2 cm³/mol. The fourth-order valence-electron chi connectivity index (χ4n) is 2.17. The molecule has 1 saturated heterocycles. The molecule has 0 aromatic heterocycles. The van der Waals surface area contributed by atoms with Gasteiger partial charge in [-0.2, -0.15) is 11.8 Å². The molecule has 1 heterocycles. The van der Waals surface area contributed by atoms with Gasteiger partial charge < -0.3 is 5.73 Å². The highest BCUT2D eigenvalue weighted by Gasteiger charge is 2.21. The van der Waals surface area contributed by atoms with Gasteiger partial charge in [0.05, 0.1) is 10.0 Å². The van der Waals surface area contributed by atoms with Crippen molar-refractivity contribution >= 4 is 35.0 Å². The van der Waals surface area contributed by atoms with Crippen LogP contribution < -0.4 is 5.73 Å². The molecule has 4 heteroatoms. The van der Waals surface area contributed by atoms with Crippen molar-refractivity contribution in [3.63, 3.8) is 0 Å². The SMILES string of the molecule is NC(Cc1ccc(Cl)c(Cl)c1)C1CCCCS1. The smallest absolute Gasteiger partial charge is 0.0595 e. The monoisotopic (exact) mass is 289 g/mol. The first-order chi connectivity index (χ1) is 8.16. The van der Waals surface area contributed by atoms with Gasteiger partial charge >= 0.3 is 0 Å². The lowest BCUT2D eigenvalue weighted by atomic mass is 10.0. The minimum atomic E-state index is 0.220. The van der Waals surface area contributed by atoms with Crippen molar-refractivity contribution in [3.05, 3.63) is 33.8 Å². The van der Waals surface area contributed by atoms with Crippen LogP contribution in [-0.4, -0.2) is 17.0 Å². The van der Waals surface area contributed by atoms with E-state index in [-0.39, 0.29) is 6.04 Å². The maximum Gasteiger partial charge on any atom is 0.0595 e. The highest BCUT2D eigenvalue weighted by atomic mass is 35.5. The minimum Gasteiger partial charge on any atom is -0.326 e. The van der Waals surface area contributed by atoms with E-state index in [4.69, 9.17) is 28.9 Å². The van der Waals surface area contributed by atoms with Crippen LogP contribution in [-0.2, 0) is 6.42 Å². The summed E-state index contributed by atoms with van der Waals surface area (Å²) in [7, 11) is 0. The lowest BCUT2D eigenvalue weighted by Crippen LogP contribution is -2.36. The lowest BCUT2D eigenvalue weighted by molar-refractivity contribution is 0.559. The normalized spacial score (nSPS) is 22.4. The van der Waals surface area contributed by atoms with Crippen molar-refractivity contribution in [1.82, 2.24) is 0 Å². The molecule has 2 atom stereocenters. The second-order valence-electron chi connectivity index (χ2n) is 4.52. The Hall–Kier alpha value is 0.110. The van der Waals surface area contributed by atoms with Crippen LogP contribution in [0.4, 0.5) is 0 Å². The number of rotatable bonds is 3. The average molecular weight is 290 g/mol. The van der Waals surface area contributed by atoms with Gasteiger partial charge in [-0.25, -0.2) is 0 Å². The molecule has 0 aliphatic carbocycles. The van der Waals surface area contributed by atoms with E-state index in [1.165, 1.54) is 30.6 Å². The van der Waals surface area contributed by atoms with Gasteiger partial charge in [0.2, 0.25) is 0 Å². The van der Waals surface area contributed by atoms with E-state index in [1.807, 2.05) is 30.0 Å². The summed E-state index contributed by atoms with van der Waals surface area (Å²) in [4.78, 5) is 0. The molecule has 0 amide bonds. The van der Waals surface area contributed by atoms with E-state index in [9.17, 15) is 0 Å². The van der Waals surface area contributed by atoms with Gasteiger partial charge in [0, 0.05) is 11.3 Å². The molecule has 0 saturated carbocycles. The molecular formula is C13H17Cl2NS. The zero-order chi connectivity index (χ0) is 12.3. The third kappa shape index (κ3) is 3.78. The van der Waals surface area contributed by atoms with E-state index in [0.717, 1.165) is 6.42 Å². The lowest BCUT2D eigenvalue weighted by Gasteiger charge is -2.27. The van der Waals surface area contributed by atoms with Crippen molar-refractivity contribution in [2.75, 3.05) is 5.75 Å². The van der Waals surface area contributed by atoms with Crippen LogP contribution in [0.2, 0.25) is 10.0 Å². The number of hydrogen-bond acceptors (Lipinski definition) is 2. The second-order valence-corrected chi connectivity index (χ2v) is 6.68. The molecule has 0 radical (unpaired) electrons. The van der Waals surface area contributed by atoms with Crippen LogP contribution in [0.5, 0.6) is 0 Å². The quantitative estimate of drug-likeness (QED) is 0.905. The van der Waals surface area contributed by atoms with Gasteiger partial charge in [-0.05, 0) is 42.7 Å². The summed E-state index contributed by atoms with van der Waals surface area (Å²) in [6.07, 6.45) is 4.77. The topological polar surface area (TPSA) is 26.0 Å². The van der Waals surface area contributed by atoms with Crippen molar-refractivity contribution in [2.24, 2.45) is 5.73 Å². The summed E-state index contributed by atoms with van der Waals surface area (Å²) in [5, 5.41) is 1.82. The number of halogens is 2. The average Bonchev–Trinajstić information content (AvgIpc) is 2.35. The summed E-state index contributed by atoms with van der Waals surface area (Å²) >= 11 is 13.9. The first kappa shape index (κ1) is 13.5. The molecule has 1 aliphatic heterocycles. The van der Waals surface area contributed by atoms with E-state index >= 15 is 0 Å². The van der Waals surface area contributed by atoms with Crippen LogP contribution in [0.15, 0.2) is 18.2 Å². The maximum absolute atomic E-state index is 6.27. The van der Waals surface area contributed by atoms with Gasteiger partial charge in [0.25, 0.3) is 0 Å². The standard InChI is InChI=1S/C13H17Cl2NS/c14-10-5-4-9(7-11(10)15)8-12(16)13-3-1-2-6-17-13/h4-5,7,12-13H,1-3,6,8,16H2. The highest BCUT2D eigenvalue weighted by molar-refractivity contribution is 8.00. The largest absolute Gasteiger partial charge is 0.326 e. The zero-order valence-corrected chi connectivity index (χ0v) is 12.0. The second kappa shape index (κ2) is 6.33. The van der Waals surface area contributed by atoms with E-state index in [0.29, 0.717) is 15.3 Å². The third-order valence-corrected chi connectivity index (χ3v) is 5.42. The summed E-state index contributed by atoms with van der Waals surface area (Å²) in [5.41, 5.74) is 7.45. The van der Waals surface area contributed by atoms with Crippen molar-refractivity contribution in [1.29, 1.82) is 0 Å². The molecule has 2 unspecified atom stereocenters. The Labute approximate surface area is 117 Å². The maximum atomic E-state index is 6.27. The summed E-state index contributed by atoms with van der Waals surface area (Å²) in [6, 6.07) is 6.01. The zero-order valence-electron chi connectivity index (χ0n) is 9.66. The molecule has 94 valence electrons. The van der Waals surface area contributed by atoms with E-state index in [1.54, 1.807) is 0 Å². The molecule has 1 aliphatic rings. The molecule has 17 heavy (non-hydrogen) atoms. The summed E-state index contributed by atoms with van der Waals surface area (Å²) in [6.45, 7) is 0. The van der Waals surface area contributed by atoms with Crippen LogP contribution in [0.25, 0.3) is 0 Å². The molecule has 1 aromatic carbocycles. The summed E-state index contributed by atoms with van der Waals surface area (Å²) < 4.78 is 0. The molecular weight excluding hydrogens is 273 g/mol. The van der Waals surface area contributed by atoms with Gasteiger partial charge in [-0.3, -0.25) is 0 Å². The minimum absolute atomic E-state index is 0.220. The molecule has 0 spiro atoms. The van der Waals surface area contributed by atoms with E-state index in [2.05, 4.69) is 0 Å². The Morgan fingerprint density at radius 1 is 1.29 bits per heavy atom. The van der Waals surface area contributed by atoms with Gasteiger partial charge in [-0.1, -0.05) is 35.7 Å². The Bertz CT molecular complexity index is 378. The van der Waals surface area contributed by atoms with Crippen molar-refractivity contribution in [3.8, 4) is 0 Å². The van der Waals surface area contributed by atoms with Crippen LogP contribution >= 0.6 is 35.0 Å². The molecule has 1 nitrogen and oxygen atoms in total. The number of thioether (sulfide) groups is 1.